The van der Waals surface area contributed by atoms with Gasteiger partial charge in [0.25, 0.3) is 5.91 Å². The fraction of sp³-hybridized carbons (Fsp3) is 0.500. The van der Waals surface area contributed by atoms with Crippen LogP contribution < -0.4 is 20.4 Å². The standard InChI is InChI=1S/C22H30N4OS/c1-4-11-26(12-5-2)16-8-6-15(7-9-16)20-23-21(27)19-17-10-13-25(3)14-18(17)28-22(19)24-20/h6-9,20,24H,4-5,10-14H2,1-3H3,(H,23,27)/p+1/t20-/m1/s1. The maximum absolute atomic E-state index is 12.9. The number of thiophene rings is 1. The number of benzene rings is 1. The lowest BCUT2D eigenvalue weighted by molar-refractivity contribution is -0.895. The van der Waals surface area contributed by atoms with E-state index >= 15 is 0 Å². The molecule has 4 rings (SSSR count). The maximum atomic E-state index is 12.9. The summed E-state index contributed by atoms with van der Waals surface area (Å²) >= 11 is 1.76. The van der Waals surface area contributed by atoms with Crippen molar-refractivity contribution in [3.8, 4) is 0 Å². The van der Waals surface area contributed by atoms with E-state index in [-0.39, 0.29) is 12.1 Å². The summed E-state index contributed by atoms with van der Waals surface area (Å²) in [6.07, 6.45) is 3.12. The number of fused-ring (bicyclic) bond motifs is 3. The molecule has 150 valence electrons. The molecule has 0 saturated carbocycles. The summed E-state index contributed by atoms with van der Waals surface area (Å²) in [5.74, 6) is 0.0680. The Hall–Kier alpha value is -2.05. The average Bonchev–Trinajstić information content (AvgIpc) is 3.05. The van der Waals surface area contributed by atoms with Crippen molar-refractivity contribution in [3.05, 3.63) is 45.8 Å². The molecular formula is C22H31N4OS+. The summed E-state index contributed by atoms with van der Waals surface area (Å²) in [5, 5.41) is 7.79. The van der Waals surface area contributed by atoms with Crippen LogP contribution in [0, 0.1) is 0 Å². The number of carbonyl (C=O) groups excluding carboxylic acids is 1. The summed E-state index contributed by atoms with van der Waals surface area (Å²) in [6.45, 7) is 8.70. The van der Waals surface area contributed by atoms with Crippen molar-refractivity contribution < 1.29 is 9.69 Å². The van der Waals surface area contributed by atoms with Gasteiger partial charge in [0, 0.05) is 25.2 Å². The molecule has 1 unspecified atom stereocenters. The molecule has 2 aliphatic heterocycles. The predicted molar refractivity (Wildman–Crippen MR) is 117 cm³/mol. The first-order valence-corrected chi connectivity index (χ1v) is 11.3. The van der Waals surface area contributed by atoms with Crippen LogP contribution in [0.3, 0.4) is 0 Å². The highest BCUT2D eigenvalue weighted by molar-refractivity contribution is 7.16. The van der Waals surface area contributed by atoms with Crippen molar-refractivity contribution in [3.63, 3.8) is 0 Å². The van der Waals surface area contributed by atoms with E-state index in [4.69, 9.17) is 0 Å². The first kappa shape index (κ1) is 19.3. The van der Waals surface area contributed by atoms with Gasteiger partial charge in [-0.05, 0) is 36.1 Å². The number of rotatable bonds is 6. The number of nitrogens with zero attached hydrogens (tertiary/aromatic N) is 1. The van der Waals surface area contributed by atoms with Crippen LogP contribution in [-0.2, 0) is 13.0 Å². The smallest absolute Gasteiger partial charge is 0.256 e. The maximum Gasteiger partial charge on any atom is 0.256 e. The quantitative estimate of drug-likeness (QED) is 0.700. The molecule has 0 saturated heterocycles. The van der Waals surface area contributed by atoms with E-state index in [9.17, 15) is 4.79 Å². The molecule has 5 nitrogen and oxygen atoms in total. The summed E-state index contributed by atoms with van der Waals surface area (Å²) in [5.41, 5.74) is 4.51. The van der Waals surface area contributed by atoms with E-state index < -0.39 is 0 Å². The van der Waals surface area contributed by atoms with E-state index in [1.165, 1.54) is 21.0 Å². The molecule has 1 aromatic carbocycles. The second-order valence-corrected chi connectivity index (χ2v) is 9.08. The zero-order valence-corrected chi connectivity index (χ0v) is 17.9. The van der Waals surface area contributed by atoms with Crippen LogP contribution in [0.15, 0.2) is 24.3 Å². The van der Waals surface area contributed by atoms with Crippen LogP contribution in [0.2, 0.25) is 0 Å². The number of nitrogens with one attached hydrogen (secondary N) is 3. The van der Waals surface area contributed by atoms with Gasteiger partial charge in [0.15, 0.2) is 0 Å². The van der Waals surface area contributed by atoms with Crippen LogP contribution in [0.5, 0.6) is 0 Å². The van der Waals surface area contributed by atoms with Crippen LogP contribution in [-0.4, -0.2) is 32.6 Å². The van der Waals surface area contributed by atoms with E-state index in [0.29, 0.717) is 0 Å². The van der Waals surface area contributed by atoms with Crippen LogP contribution >= 0.6 is 11.3 Å². The molecule has 0 spiro atoms. The van der Waals surface area contributed by atoms with Gasteiger partial charge in [0.1, 0.15) is 17.7 Å². The van der Waals surface area contributed by atoms with Gasteiger partial charge >= 0.3 is 0 Å². The number of carbonyl (C=O) groups is 1. The largest absolute Gasteiger partial charge is 0.372 e. The Labute approximate surface area is 171 Å². The highest BCUT2D eigenvalue weighted by atomic mass is 32.1. The lowest BCUT2D eigenvalue weighted by atomic mass is 10.0. The van der Waals surface area contributed by atoms with Gasteiger partial charge in [-0.3, -0.25) is 4.79 Å². The van der Waals surface area contributed by atoms with E-state index in [2.05, 4.69) is 60.7 Å². The molecule has 0 radical (unpaired) electrons. The Balaban J connectivity index is 1.54. The van der Waals surface area contributed by atoms with Gasteiger partial charge in [0.05, 0.1) is 24.0 Å². The van der Waals surface area contributed by atoms with Crippen LogP contribution in [0.4, 0.5) is 10.7 Å². The summed E-state index contributed by atoms with van der Waals surface area (Å²) in [4.78, 5) is 18.2. The Morgan fingerprint density at radius 1 is 1.14 bits per heavy atom. The second kappa shape index (κ2) is 8.13. The average molecular weight is 400 g/mol. The Bertz CT molecular complexity index is 839. The molecule has 2 atom stereocenters. The SMILES string of the molecule is CCCN(CCC)c1ccc([C@@H]2NC(=O)c3c(sc4c3CC[NH+](C)C4)N2)cc1. The van der Waals surface area contributed by atoms with Crippen molar-refractivity contribution in [2.75, 3.05) is 36.9 Å². The summed E-state index contributed by atoms with van der Waals surface area (Å²) in [6, 6.07) is 8.65. The second-order valence-electron chi connectivity index (χ2n) is 7.97. The Kier molecular flexibility index (Phi) is 5.60. The molecule has 1 amide bonds. The minimum absolute atomic E-state index is 0.0680. The van der Waals surface area contributed by atoms with Gasteiger partial charge in [-0.15, -0.1) is 11.3 Å². The van der Waals surface area contributed by atoms with Gasteiger partial charge in [-0.25, -0.2) is 0 Å². The molecule has 3 heterocycles. The number of likely N-dealkylation sites (N-methyl/N-ethyl adjacent to an activating group) is 1. The number of hydrogen-bond acceptors (Lipinski definition) is 4. The van der Waals surface area contributed by atoms with Crippen molar-refractivity contribution >= 4 is 27.9 Å². The Morgan fingerprint density at radius 3 is 2.54 bits per heavy atom. The van der Waals surface area contributed by atoms with Gasteiger partial charge < -0.3 is 20.4 Å². The first-order chi connectivity index (χ1) is 13.6. The van der Waals surface area contributed by atoms with Crippen molar-refractivity contribution in [1.82, 2.24) is 5.32 Å². The van der Waals surface area contributed by atoms with Gasteiger partial charge in [-0.1, -0.05) is 26.0 Å². The lowest BCUT2D eigenvalue weighted by Gasteiger charge is -2.28. The number of hydrogen-bond donors (Lipinski definition) is 3. The number of anilines is 2. The third-order valence-corrected chi connectivity index (χ3v) is 6.87. The number of amides is 1. The predicted octanol–water partition coefficient (Wildman–Crippen LogP) is 2.80. The highest BCUT2D eigenvalue weighted by Gasteiger charge is 2.33. The zero-order valence-electron chi connectivity index (χ0n) is 17.1. The molecule has 0 fully saturated rings. The zero-order chi connectivity index (χ0) is 19.7. The molecule has 0 aliphatic carbocycles. The van der Waals surface area contributed by atoms with Crippen molar-refractivity contribution in [2.45, 2.75) is 45.8 Å². The molecule has 2 aliphatic rings. The lowest BCUT2D eigenvalue weighted by Crippen LogP contribution is -3.08. The molecular weight excluding hydrogens is 368 g/mol. The summed E-state index contributed by atoms with van der Waals surface area (Å²) in [7, 11) is 2.22. The number of quaternary nitrogens is 1. The molecule has 2 aromatic rings. The van der Waals surface area contributed by atoms with Gasteiger partial charge in [0.2, 0.25) is 0 Å². The van der Waals surface area contributed by atoms with Crippen LogP contribution in [0.25, 0.3) is 0 Å². The van der Waals surface area contributed by atoms with Crippen molar-refractivity contribution in [2.24, 2.45) is 0 Å². The monoisotopic (exact) mass is 399 g/mol. The topological polar surface area (TPSA) is 48.8 Å². The Morgan fingerprint density at radius 2 is 1.86 bits per heavy atom. The van der Waals surface area contributed by atoms with E-state index in [0.717, 1.165) is 61.6 Å². The molecule has 28 heavy (non-hydrogen) atoms. The molecule has 0 bridgehead atoms. The summed E-state index contributed by atoms with van der Waals surface area (Å²) < 4.78 is 0. The molecule has 3 N–H and O–H groups in total. The van der Waals surface area contributed by atoms with Crippen LogP contribution in [0.1, 0.15) is 59.2 Å². The fourth-order valence-corrected chi connectivity index (χ4v) is 5.67. The van der Waals surface area contributed by atoms with Gasteiger partial charge in [-0.2, -0.15) is 0 Å². The third-order valence-electron chi connectivity index (χ3n) is 5.71. The fourth-order valence-electron chi connectivity index (χ4n) is 4.29. The first-order valence-electron chi connectivity index (χ1n) is 10.5. The third kappa shape index (κ3) is 3.63. The van der Waals surface area contributed by atoms with E-state index in [1.54, 1.807) is 11.3 Å². The molecule has 1 aromatic heterocycles. The normalized spacial score (nSPS) is 20.8. The van der Waals surface area contributed by atoms with E-state index in [1.807, 2.05) is 0 Å². The van der Waals surface area contributed by atoms with Crippen molar-refractivity contribution in [1.29, 1.82) is 0 Å². The minimum atomic E-state index is -0.162. The molecule has 6 heteroatoms. The minimum Gasteiger partial charge on any atom is -0.372 e. The highest BCUT2D eigenvalue weighted by Crippen LogP contribution is 2.39.